The number of thioether (sulfide) groups is 1. The fraction of sp³-hybridized carbons (Fsp3) is 0.222. The zero-order valence-corrected chi connectivity index (χ0v) is 14.8. The molecular weight excluding hydrogens is 326 g/mol. The van der Waals surface area contributed by atoms with Gasteiger partial charge in [0.25, 0.3) is 5.24 Å². The molecule has 0 saturated heterocycles. The van der Waals surface area contributed by atoms with Gasteiger partial charge >= 0.3 is 0 Å². The predicted octanol–water partition coefficient (Wildman–Crippen LogP) is 3.71. The molecule has 6 heteroatoms. The number of rotatable bonds is 5. The first-order valence-electron chi connectivity index (χ1n) is 7.22. The van der Waals surface area contributed by atoms with E-state index in [1.165, 1.54) is 19.1 Å². The van der Waals surface area contributed by atoms with Crippen molar-refractivity contribution in [1.82, 2.24) is 4.90 Å². The van der Waals surface area contributed by atoms with Crippen LogP contribution in [0.3, 0.4) is 0 Å². The minimum Gasteiger partial charge on any atom is -0.493 e. The first-order valence-corrected chi connectivity index (χ1v) is 8.04. The Hall–Kier alpha value is -2.47. The summed E-state index contributed by atoms with van der Waals surface area (Å²) in [6.45, 7) is 0. The molecular formula is C18H19NO4S. The van der Waals surface area contributed by atoms with Gasteiger partial charge < -0.3 is 14.4 Å². The van der Waals surface area contributed by atoms with Gasteiger partial charge in [0, 0.05) is 30.1 Å². The number of hydrogen-bond acceptors (Lipinski definition) is 5. The van der Waals surface area contributed by atoms with Gasteiger partial charge in [0.1, 0.15) is 0 Å². The second-order valence-corrected chi connectivity index (χ2v) is 6.15. The quantitative estimate of drug-likeness (QED) is 0.611. The molecule has 0 N–H and O–H groups in total. The molecule has 0 radical (unpaired) electrons. The van der Waals surface area contributed by atoms with Crippen LogP contribution in [0.15, 0.2) is 47.4 Å². The smallest absolute Gasteiger partial charge is 0.285 e. The van der Waals surface area contributed by atoms with Crippen LogP contribution in [-0.4, -0.2) is 44.2 Å². The minimum absolute atomic E-state index is 0.175. The summed E-state index contributed by atoms with van der Waals surface area (Å²) in [5.74, 6) is 0.736. The molecule has 0 aliphatic carbocycles. The predicted molar refractivity (Wildman–Crippen MR) is 94.4 cm³/mol. The minimum atomic E-state index is -0.177. The molecule has 0 fully saturated rings. The molecule has 126 valence electrons. The van der Waals surface area contributed by atoms with E-state index in [0.717, 1.165) is 11.8 Å². The van der Waals surface area contributed by atoms with Gasteiger partial charge in [-0.3, -0.25) is 9.59 Å². The number of ether oxygens (including phenoxy) is 2. The van der Waals surface area contributed by atoms with Gasteiger partial charge in [-0.1, -0.05) is 30.3 Å². The standard InChI is InChI=1S/C18H19NO4S/c1-19(2)18(21)24-16-11-15(23-4)14(22-3)10-13(16)17(20)12-8-6-5-7-9-12/h5-11H,1-4H3. The number of carbonyl (C=O) groups is 2. The van der Waals surface area contributed by atoms with Crippen LogP contribution in [0, 0.1) is 0 Å². The number of benzene rings is 2. The van der Waals surface area contributed by atoms with Crippen LogP contribution in [0.1, 0.15) is 15.9 Å². The maximum Gasteiger partial charge on any atom is 0.285 e. The number of nitrogens with zero attached hydrogens (tertiary/aromatic N) is 1. The van der Waals surface area contributed by atoms with E-state index in [1.54, 1.807) is 50.5 Å². The number of carbonyl (C=O) groups excluding carboxylic acids is 2. The highest BCUT2D eigenvalue weighted by atomic mass is 32.2. The topological polar surface area (TPSA) is 55.8 Å². The Morgan fingerprint density at radius 3 is 2.08 bits per heavy atom. The van der Waals surface area contributed by atoms with Gasteiger partial charge in [-0.15, -0.1) is 0 Å². The van der Waals surface area contributed by atoms with Crippen molar-refractivity contribution >= 4 is 22.8 Å². The Labute approximate surface area is 145 Å². The summed E-state index contributed by atoms with van der Waals surface area (Å²) in [6.07, 6.45) is 0. The molecule has 24 heavy (non-hydrogen) atoms. The van der Waals surface area contributed by atoms with Crippen molar-refractivity contribution in [2.75, 3.05) is 28.3 Å². The maximum absolute atomic E-state index is 12.9. The summed E-state index contributed by atoms with van der Waals surface area (Å²) in [7, 11) is 6.34. The zero-order valence-electron chi connectivity index (χ0n) is 14.0. The van der Waals surface area contributed by atoms with Gasteiger partial charge in [0.2, 0.25) is 0 Å². The third-order valence-electron chi connectivity index (χ3n) is 3.33. The highest BCUT2D eigenvalue weighted by Crippen LogP contribution is 2.37. The normalized spacial score (nSPS) is 10.2. The highest BCUT2D eigenvalue weighted by Gasteiger charge is 2.21. The van der Waals surface area contributed by atoms with E-state index in [9.17, 15) is 9.59 Å². The SMILES string of the molecule is COc1cc(SC(=O)N(C)C)c(C(=O)c2ccccc2)cc1OC. The van der Waals surface area contributed by atoms with Crippen molar-refractivity contribution in [3.05, 3.63) is 53.6 Å². The van der Waals surface area contributed by atoms with Crippen molar-refractivity contribution < 1.29 is 19.1 Å². The van der Waals surface area contributed by atoms with E-state index < -0.39 is 0 Å². The third-order valence-corrected chi connectivity index (χ3v) is 4.43. The van der Waals surface area contributed by atoms with E-state index >= 15 is 0 Å². The van der Waals surface area contributed by atoms with Crippen LogP contribution in [0.25, 0.3) is 0 Å². The van der Waals surface area contributed by atoms with Gasteiger partial charge in [0.15, 0.2) is 17.3 Å². The van der Waals surface area contributed by atoms with Crippen LogP contribution >= 0.6 is 11.8 Å². The van der Waals surface area contributed by atoms with Crippen LogP contribution in [0.4, 0.5) is 4.79 Å². The Bertz CT molecular complexity index is 744. The summed E-state index contributed by atoms with van der Waals surface area (Å²) >= 11 is 0.981. The molecule has 1 amide bonds. The molecule has 0 atom stereocenters. The molecule has 5 nitrogen and oxygen atoms in total. The van der Waals surface area contributed by atoms with E-state index in [0.29, 0.717) is 27.5 Å². The average molecular weight is 345 g/mol. The molecule has 2 aromatic carbocycles. The van der Waals surface area contributed by atoms with Crippen molar-refractivity contribution in [3.63, 3.8) is 0 Å². The molecule has 0 heterocycles. The van der Waals surface area contributed by atoms with Gasteiger partial charge in [-0.2, -0.15) is 0 Å². The third kappa shape index (κ3) is 3.89. The lowest BCUT2D eigenvalue weighted by Gasteiger charge is -2.15. The molecule has 0 aliphatic heterocycles. The lowest BCUT2D eigenvalue weighted by molar-refractivity contribution is 0.103. The van der Waals surface area contributed by atoms with Crippen LogP contribution in [-0.2, 0) is 0 Å². The molecule has 0 unspecified atom stereocenters. The monoisotopic (exact) mass is 345 g/mol. The molecule has 0 aromatic heterocycles. The van der Waals surface area contributed by atoms with Crippen molar-refractivity contribution in [1.29, 1.82) is 0 Å². The van der Waals surface area contributed by atoms with Gasteiger partial charge in [-0.05, 0) is 23.9 Å². The fourth-order valence-electron chi connectivity index (χ4n) is 2.05. The van der Waals surface area contributed by atoms with Crippen LogP contribution in [0.2, 0.25) is 0 Å². The maximum atomic E-state index is 12.9. The van der Waals surface area contributed by atoms with E-state index in [4.69, 9.17) is 9.47 Å². The summed E-state index contributed by atoms with van der Waals surface area (Å²) in [4.78, 5) is 26.9. The summed E-state index contributed by atoms with van der Waals surface area (Å²) in [5.41, 5.74) is 0.947. The van der Waals surface area contributed by atoms with E-state index in [-0.39, 0.29) is 11.0 Å². The Morgan fingerprint density at radius 2 is 1.54 bits per heavy atom. The van der Waals surface area contributed by atoms with Crippen molar-refractivity contribution in [3.8, 4) is 11.5 Å². The lowest BCUT2D eigenvalue weighted by Crippen LogP contribution is -2.17. The molecule has 2 rings (SSSR count). The Morgan fingerprint density at radius 1 is 0.958 bits per heavy atom. The lowest BCUT2D eigenvalue weighted by atomic mass is 10.0. The second-order valence-electron chi connectivity index (χ2n) is 5.16. The number of ketones is 1. The van der Waals surface area contributed by atoms with Gasteiger partial charge in [-0.25, -0.2) is 0 Å². The van der Waals surface area contributed by atoms with Crippen LogP contribution < -0.4 is 9.47 Å². The van der Waals surface area contributed by atoms with E-state index in [1.807, 2.05) is 6.07 Å². The molecule has 0 aliphatic rings. The molecule has 0 bridgehead atoms. The summed E-state index contributed by atoms with van der Waals surface area (Å²) in [6, 6.07) is 12.2. The zero-order chi connectivity index (χ0) is 17.7. The van der Waals surface area contributed by atoms with E-state index in [2.05, 4.69) is 0 Å². The fourth-order valence-corrected chi connectivity index (χ4v) is 2.85. The summed E-state index contributed by atoms with van der Waals surface area (Å²) < 4.78 is 10.6. The van der Waals surface area contributed by atoms with Crippen molar-refractivity contribution in [2.45, 2.75) is 4.90 Å². The van der Waals surface area contributed by atoms with Crippen LogP contribution in [0.5, 0.6) is 11.5 Å². The largest absolute Gasteiger partial charge is 0.493 e. The van der Waals surface area contributed by atoms with Crippen molar-refractivity contribution in [2.24, 2.45) is 0 Å². The number of amides is 1. The average Bonchev–Trinajstić information content (AvgIpc) is 2.61. The Balaban J connectivity index is 2.54. The highest BCUT2D eigenvalue weighted by molar-refractivity contribution is 8.13. The second kappa shape index (κ2) is 7.88. The number of methoxy groups -OCH3 is 2. The molecule has 0 saturated carbocycles. The van der Waals surface area contributed by atoms with Gasteiger partial charge in [0.05, 0.1) is 14.2 Å². The first kappa shape index (κ1) is 17.9. The Kier molecular flexibility index (Phi) is 5.87. The number of hydrogen-bond donors (Lipinski definition) is 0. The molecule has 2 aromatic rings. The molecule has 0 spiro atoms. The first-order chi connectivity index (χ1) is 11.5. The summed E-state index contributed by atoms with van der Waals surface area (Å²) in [5, 5.41) is -0.177.